The van der Waals surface area contributed by atoms with Gasteiger partial charge in [0.25, 0.3) is 0 Å². The van der Waals surface area contributed by atoms with Crippen molar-refractivity contribution in [3.05, 3.63) is 46.7 Å². The van der Waals surface area contributed by atoms with Gasteiger partial charge in [-0.3, -0.25) is 14.7 Å². The number of amides is 2. The maximum atomic E-state index is 13.7. The molecule has 2 aromatic rings. The van der Waals surface area contributed by atoms with Crippen molar-refractivity contribution in [3.63, 3.8) is 0 Å². The molecule has 1 aliphatic rings. The molecular formula is C15H13ClF2N4O2. The van der Waals surface area contributed by atoms with Crippen LogP contribution in [0, 0.1) is 17.6 Å². The fourth-order valence-electron chi connectivity index (χ4n) is 2.78. The largest absolute Gasteiger partial charge is 0.344 e. The van der Waals surface area contributed by atoms with Crippen LogP contribution in [0.4, 0.5) is 14.5 Å². The number of carbonyl (C=O) groups is 2. The van der Waals surface area contributed by atoms with Crippen LogP contribution in [0.5, 0.6) is 0 Å². The Kier molecular flexibility index (Phi) is 4.23. The van der Waals surface area contributed by atoms with Gasteiger partial charge in [-0.25, -0.2) is 8.78 Å². The first-order valence-electron chi connectivity index (χ1n) is 7.09. The number of likely N-dealkylation sites (N-methyl/N-ethyl adjacent to an activating group) is 1. The van der Waals surface area contributed by atoms with Crippen molar-refractivity contribution in [1.82, 2.24) is 15.1 Å². The van der Waals surface area contributed by atoms with Crippen LogP contribution in [0.1, 0.15) is 11.6 Å². The van der Waals surface area contributed by atoms with E-state index in [1.807, 2.05) is 0 Å². The highest BCUT2D eigenvalue weighted by atomic mass is 35.5. The Morgan fingerprint density at radius 2 is 2.21 bits per heavy atom. The first kappa shape index (κ1) is 16.4. The molecule has 1 fully saturated rings. The molecular weight excluding hydrogens is 342 g/mol. The second kappa shape index (κ2) is 6.20. The molecule has 0 unspecified atom stereocenters. The van der Waals surface area contributed by atoms with E-state index in [9.17, 15) is 18.4 Å². The Hall–Kier alpha value is -2.48. The Morgan fingerprint density at radius 1 is 1.46 bits per heavy atom. The number of likely N-dealkylation sites (tertiary alicyclic amines) is 1. The maximum absolute atomic E-state index is 13.7. The van der Waals surface area contributed by atoms with E-state index in [-0.39, 0.29) is 17.4 Å². The third-order valence-electron chi connectivity index (χ3n) is 3.97. The molecule has 0 bridgehead atoms. The van der Waals surface area contributed by atoms with Crippen LogP contribution in [0.3, 0.4) is 0 Å². The minimum Gasteiger partial charge on any atom is -0.344 e. The molecule has 2 N–H and O–H groups in total. The lowest BCUT2D eigenvalue weighted by molar-refractivity contribution is -0.135. The number of halogens is 3. The summed E-state index contributed by atoms with van der Waals surface area (Å²) in [5, 5.41) is 8.96. The standard InChI is InChI=1S/C15H13ClF2N4O2/c1-22-6-7(10-5-11(16)21-20-10)12(15(22)24)14(23)19-9-4-2-3-8(17)13(9)18/h2-5,7,12H,6H2,1H3,(H,19,23)(H,20,21)/t7-,12+/m1/s1. The SMILES string of the molecule is CN1C[C@H](c2cc(Cl)n[nH]2)[C@@H](C(=O)Nc2cccc(F)c2F)C1=O. The van der Waals surface area contributed by atoms with E-state index in [1.165, 1.54) is 23.1 Å². The summed E-state index contributed by atoms with van der Waals surface area (Å²) in [5.41, 5.74) is 0.210. The smallest absolute Gasteiger partial charge is 0.237 e. The van der Waals surface area contributed by atoms with E-state index in [0.717, 1.165) is 6.07 Å². The third kappa shape index (κ3) is 2.84. The number of hydrogen-bond donors (Lipinski definition) is 2. The number of nitrogens with one attached hydrogen (secondary N) is 2. The van der Waals surface area contributed by atoms with Crippen molar-refractivity contribution < 1.29 is 18.4 Å². The molecule has 0 spiro atoms. The van der Waals surface area contributed by atoms with E-state index < -0.39 is 35.3 Å². The van der Waals surface area contributed by atoms with Gasteiger partial charge in [0.2, 0.25) is 11.8 Å². The van der Waals surface area contributed by atoms with E-state index in [0.29, 0.717) is 5.69 Å². The van der Waals surface area contributed by atoms with Crippen LogP contribution in [-0.4, -0.2) is 40.5 Å². The highest BCUT2D eigenvalue weighted by Crippen LogP contribution is 2.34. The quantitative estimate of drug-likeness (QED) is 0.829. The Balaban J connectivity index is 1.88. The molecule has 1 saturated heterocycles. The van der Waals surface area contributed by atoms with E-state index in [4.69, 9.17) is 11.6 Å². The van der Waals surface area contributed by atoms with Gasteiger partial charge in [0.05, 0.1) is 5.69 Å². The van der Waals surface area contributed by atoms with E-state index >= 15 is 0 Å². The number of carbonyl (C=O) groups excluding carboxylic acids is 2. The zero-order valence-corrected chi connectivity index (χ0v) is 13.3. The molecule has 24 heavy (non-hydrogen) atoms. The Labute approximate surface area is 140 Å². The number of anilines is 1. The molecule has 126 valence electrons. The third-order valence-corrected chi connectivity index (χ3v) is 4.17. The molecule has 1 aromatic heterocycles. The summed E-state index contributed by atoms with van der Waals surface area (Å²) >= 11 is 5.77. The Bertz CT molecular complexity index is 811. The first-order valence-corrected chi connectivity index (χ1v) is 7.47. The second-order valence-electron chi connectivity index (χ2n) is 5.54. The number of nitrogens with zero attached hydrogens (tertiary/aromatic N) is 2. The summed E-state index contributed by atoms with van der Waals surface area (Å²) < 4.78 is 27.0. The van der Waals surface area contributed by atoms with Crippen molar-refractivity contribution in [1.29, 1.82) is 0 Å². The van der Waals surface area contributed by atoms with Crippen molar-refractivity contribution in [2.45, 2.75) is 5.92 Å². The van der Waals surface area contributed by atoms with Crippen LogP contribution in [0.15, 0.2) is 24.3 Å². The number of rotatable bonds is 3. The van der Waals surface area contributed by atoms with Gasteiger partial charge in [-0.1, -0.05) is 17.7 Å². The maximum Gasteiger partial charge on any atom is 0.237 e. The lowest BCUT2D eigenvalue weighted by Crippen LogP contribution is -2.33. The number of aromatic nitrogens is 2. The summed E-state index contributed by atoms with van der Waals surface area (Å²) in [4.78, 5) is 26.2. The number of benzene rings is 1. The van der Waals surface area contributed by atoms with Gasteiger partial charge >= 0.3 is 0 Å². The molecule has 2 amide bonds. The average molecular weight is 355 g/mol. The van der Waals surface area contributed by atoms with E-state index in [2.05, 4.69) is 15.5 Å². The fraction of sp³-hybridized carbons (Fsp3) is 0.267. The van der Waals surface area contributed by atoms with Crippen LogP contribution >= 0.6 is 11.6 Å². The lowest BCUT2D eigenvalue weighted by Gasteiger charge is -2.15. The molecule has 1 aliphatic heterocycles. The van der Waals surface area contributed by atoms with Gasteiger partial charge < -0.3 is 10.2 Å². The van der Waals surface area contributed by atoms with Gasteiger partial charge in [-0.15, -0.1) is 0 Å². The molecule has 0 saturated carbocycles. The molecule has 0 radical (unpaired) electrons. The van der Waals surface area contributed by atoms with Crippen LogP contribution in [-0.2, 0) is 9.59 Å². The van der Waals surface area contributed by atoms with Gasteiger partial charge in [-0.05, 0) is 18.2 Å². The van der Waals surface area contributed by atoms with Crippen LogP contribution in [0.25, 0.3) is 0 Å². The number of hydrogen-bond acceptors (Lipinski definition) is 3. The van der Waals surface area contributed by atoms with Gasteiger partial charge in [0.15, 0.2) is 16.8 Å². The number of aromatic amines is 1. The molecule has 6 nitrogen and oxygen atoms in total. The lowest BCUT2D eigenvalue weighted by atomic mass is 9.91. The molecule has 2 atom stereocenters. The topological polar surface area (TPSA) is 78.1 Å². The molecule has 0 aliphatic carbocycles. The molecule has 2 heterocycles. The summed E-state index contributed by atoms with van der Waals surface area (Å²) in [7, 11) is 1.56. The van der Waals surface area contributed by atoms with Gasteiger partial charge in [-0.2, -0.15) is 5.10 Å². The van der Waals surface area contributed by atoms with Crippen molar-refractivity contribution >= 4 is 29.1 Å². The van der Waals surface area contributed by atoms with E-state index in [1.54, 1.807) is 7.05 Å². The van der Waals surface area contributed by atoms with Gasteiger partial charge in [0.1, 0.15) is 5.92 Å². The summed E-state index contributed by atoms with van der Waals surface area (Å²) in [6.07, 6.45) is 0. The number of H-pyrrole nitrogens is 1. The molecule has 9 heteroatoms. The average Bonchev–Trinajstić information content (AvgIpc) is 3.08. The van der Waals surface area contributed by atoms with Crippen molar-refractivity contribution in [3.8, 4) is 0 Å². The molecule has 3 rings (SSSR count). The monoisotopic (exact) mass is 354 g/mol. The first-order chi connectivity index (χ1) is 11.4. The van der Waals surface area contributed by atoms with Crippen LogP contribution < -0.4 is 5.32 Å². The van der Waals surface area contributed by atoms with Crippen molar-refractivity contribution in [2.75, 3.05) is 18.9 Å². The highest BCUT2D eigenvalue weighted by molar-refractivity contribution is 6.29. The normalized spacial score (nSPS) is 20.5. The molecule has 1 aromatic carbocycles. The van der Waals surface area contributed by atoms with Gasteiger partial charge in [0, 0.05) is 25.2 Å². The fourth-order valence-corrected chi connectivity index (χ4v) is 2.94. The minimum atomic E-state index is -1.18. The predicted molar refractivity (Wildman–Crippen MR) is 82.5 cm³/mol. The summed E-state index contributed by atoms with van der Waals surface area (Å²) in [6.45, 7) is 0.279. The minimum absolute atomic E-state index is 0.210. The van der Waals surface area contributed by atoms with Crippen LogP contribution in [0.2, 0.25) is 5.15 Å². The second-order valence-corrected chi connectivity index (χ2v) is 5.93. The zero-order chi connectivity index (χ0) is 17.4. The summed E-state index contributed by atoms with van der Waals surface area (Å²) in [6, 6.07) is 4.96. The zero-order valence-electron chi connectivity index (χ0n) is 12.5. The summed E-state index contributed by atoms with van der Waals surface area (Å²) in [5.74, 6) is -5.00. The van der Waals surface area contributed by atoms with Crippen molar-refractivity contribution in [2.24, 2.45) is 5.92 Å². The Morgan fingerprint density at radius 3 is 2.88 bits per heavy atom. The predicted octanol–water partition coefficient (Wildman–Crippen LogP) is 2.15. The highest BCUT2D eigenvalue weighted by Gasteiger charge is 2.45.